The van der Waals surface area contributed by atoms with Crippen LogP contribution in [0, 0.1) is 0 Å². The van der Waals surface area contributed by atoms with Crippen LogP contribution in [0.1, 0.15) is 24.6 Å². The lowest BCUT2D eigenvalue weighted by Crippen LogP contribution is -2.03. The third-order valence-electron chi connectivity index (χ3n) is 4.03. The fraction of sp³-hybridized carbons (Fsp3) is 0.294. The molecular weight excluding hydrogens is 358 g/mol. The molecule has 140 valence electrons. The molecule has 1 fully saturated rings. The third kappa shape index (κ3) is 4.00. The molecule has 1 saturated heterocycles. The highest BCUT2D eigenvalue weighted by atomic mass is 19.3. The van der Waals surface area contributed by atoms with E-state index in [2.05, 4.69) is 25.6 Å². The van der Waals surface area contributed by atoms with Crippen molar-refractivity contribution in [3.63, 3.8) is 0 Å². The number of alkyl halides is 2. The van der Waals surface area contributed by atoms with E-state index >= 15 is 0 Å². The Morgan fingerprint density at radius 2 is 2.19 bits per heavy atom. The molecule has 4 heterocycles. The van der Waals surface area contributed by atoms with Crippen LogP contribution >= 0.6 is 0 Å². The lowest BCUT2D eigenvalue weighted by Gasteiger charge is -2.10. The van der Waals surface area contributed by atoms with Gasteiger partial charge in [-0.15, -0.1) is 5.10 Å². The molecule has 0 radical (unpaired) electrons. The van der Waals surface area contributed by atoms with Crippen LogP contribution in [0.2, 0.25) is 0 Å². The van der Waals surface area contributed by atoms with Crippen molar-refractivity contribution >= 4 is 11.6 Å². The second kappa shape index (κ2) is 7.62. The summed E-state index contributed by atoms with van der Waals surface area (Å²) in [6.07, 6.45) is 5.03. The molecule has 0 bridgehead atoms. The van der Waals surface area contributed by atoms with E-state index in [0.29, 0.717) is 47.4 Å². The first-order valence-corrected chi connectivity index (χ1v) is 8.32. The molecule has 0 spiro atoms. The molecule has 1 aliphatic heterocycles. The summed E-state index contributed by atoms with van der Waals surface area (Å²) in [5.41, 5.74) is 0.466. The number of nitrogens with one attached hydrogen (secondary N) is 1. The Morgan fingerprint density at radius 1 is 1.26 bits per heavy atom. The molecule has 27 heavy (non-hydrogen) atoms. The van der Waals surface area contributed by atoms with Crippen molar-refractivity contribution in [2.45, 2.75) is 18.9 Å². The van der Waals surface area contributed by atoms with Crippen molar-refractivity contribution in [3.8, 4) is 11.5 Å². The van der Waals surface area contributed by atoms with Crippen LogP contribution in [0.4, 0.5) is 20.4 Å². The average Bonchev–Trinajstić information content (AvgIpc) is 3.32. The standard InChI is InChI=1S/C17H16F2N6O2/c18-17(19)25-9-13(16(24-25)11-4-7-26-10-11)27-12-3-6-20-15(8-12)22-14-2-1-5-21-23-14/h1-3,5-6,8-9,11,17H,4,7,10H2,(H,20,22,23). The summed E-state index contributed by atoms with van der Waals surface area (Å²) < 4.78 is 37.9. The van der Waals surface area contributed by atoms with E-state index < -0.39 is 6.55 Å². The van der Waals surface area contributed by atoms with Gasteiger partial charge >= 0.3 is 6.55 Å². The fourth-order valence-electron chi connectivity index (χ4n) is 2.77. The number of aromatic nitrogens is 5. The van der Waals surface area contributed by atoms with Crippen LogP contribution in [0.25, 0.3) is 0 Å². The Labute approximate surface area is 153 Å². The number of pyridine rings is 1. The van der Waals surface area contributed by atoms with Gasteiger partial charge < -0.3 is 14.8 Å². The van der Waals surface area contributed by atoms with E-state index in [1.807, 2.05) is 0 Å². The molecule has 3 aromatic rings. The topological polar surface area (TPSA) is 87.0 Å². The van der Waals surface area contributed by atoms with Crippen molar-refractivity contribution in [1.29, 1.82) is 0 Å². The molecule has 0 amide bonds. The maximum atomic E-state index is 13.1. The SMILES string of the molecule is FC(F)n1cc(Oc2ccnc(Nc3cccnn3)c2)c(C2CCOC2)n1. The number of ether oxygens (including phenoxy) is 2. The van der Waals surface area contributed by atoms with Gasteiger partial charge in [0.1, 0.15) is 17.3 Å². The van der Waals surface area contributed by atoms with Crippen molar-refractivity contribution < 1.29 is 18.3 Å². The molecule has 1 aliphatic rings. The Morgan fingerprint density at radius 3 is 2.93 bits per heavy atom. The molecule has 1 atom stereocenters. The highest BCUT2D eigenvalue weighted by Gasteiger charge is 2.27. The summed E-state index contributed by atoms with van der Waals surface area (Å²) in [7, 11) is 0. The Bertz CT molecular complexity index is 899. The smallest absolute Gasteiger partial charge is 0.333 e. The number of hydrogen-bond donors (Lipinski definition) is 1. The van der Waals surface area contributed by atoms with E-state index in [1.165, 1.54) is 6.20 Å². The van der Waals surface area contributed by atoms with Gasteiger partial charge in [-0.1, -0.05) is 0 Å². The van der Waals surface area contributed by atoms with Crippen LogP contribution in [0.3, 0.4) is 0 Å². The zero-order valence-corrected chi connectivity index (χ0v) is 14.1. The molecule has 8 nitrogen and oxygen atoms in total. The number of hydrogen-bond acceptors (Lipinski definition) is 7. The van der Waals surface area contributed by atoms with Gasteiger partial charge in [0.15, 0.2) is 11.6 Å². The minimum Gasteiger partial charge on any atom is -0.454 e. The summed E-state index contributed by atoms with van der Waals surface area (Å²) in [5, 5.41) is 14.7. The zero-order chi connectivity index (χ0) is 18.6. The van der Waals surface area contributed by atoms with Gasteiger partial charge in [-0.05, 0) is 24.6 Å². The second-order valence-electron chi connectivity index (χ2n) is 5.91. The first-order chi connectivity index (χ1) is 13.2. The maximum Gasteiger partial charge on any atom is 0.333 e. The minimum atomic E-state index is -2.74. The van der Waals surface area contributed by atoms with Gasteiger partial charge in [0.05, 0.1) is 12.8 Å². The monoisotopic (exact) mass is 374 g/mol. The van der Waals surface area contributed by atoms with Crippen molar-refractivity contribution in [2.24, 2.45) is 0 Å². The molecule has 0 aromatic carbocycles. The second-order valence-corrected chi connectivity index (χ2v) is 5.91. The Balaban J connectivity index is 1.57. The van der Waals surface area contributed by atoms with E-state index in [1.54, 1.807) is 36.7 Å². The predicted molar refractivity (Wildman–Crippen MR) is 91.3 cm³/mol. The fourth-order valence-corrected chi connectivity index (χ4v) is 2.77. The van der Waals surface area contributed by atoms with Crippen LogP contribution < -0.4 is 10.1 Å². The van der Waals surface area contributed by atoms with Crippen LogP contribution in [-0.2, 0) is 4.74 Å². The molecule has 10 heteroatoms. The molecule has 3 aromatic heterocycles. The van der Waals surface area contributed by atoms with Gasteiger partial charge in [0.25, 0.3) is 0 Å². The van der Waals surface area contributed by atoms with Gasteiger partial charge in [0, 0.05) is 31.0 Å². The summed E-state index contributed by atoms with van der Waals surface area (Å²) in [6.45, 7) is -1.73. The average molecular weight is 374 g/mol. The van der Waals surface area contributed by atoms with E-state index in [0.717, 1.165) is 0 Å². The highest BCUT2D eigenvalue weighted by Crippen LogP contribution is 2.35. The molecule has 0 aliphatic carbocycles. The van der Waals surface area contributed by atoms with Gasteiger partial charge in [-0.3, -0.25) is 0 Å². The van der Waals surface area contributed by atoms with E-state index in [9.17, 15) is 8.78 Å². The summed E-state index contributed by atoms with van der Waals surface area (Å²) in [6, 6.07) is 6.76. The molecular formula is C17H16F2N6O2. The normalized spacial score (nSPS) is 16.6. The Kier molecular flexibility index (Phi) is 4.88. The number of nitrogens with zero attached hydrogens (tertiary/aromatic N) is 5. The maximum absolute atomic E-state index is 13.1. The zero-order valence-electron chi connectivity index (χ0n) is 14.1. The van der Waals surface area contributed by atoms with Gasteiger partial charge in [-0.2, -0.15) is 19.0 Å². The Hall–Kier alpha value is -3.14. The van der Waals surface area contributed by atoms with Crippen molar-refractivity contribution in [1.82, 2.24) is 25.0 Å². The number of anilines is 2. The van der Waals surface area contributed by atoms with Crippen molar-refractivity contribution in [2.75, 3.05) is 18.5 Å². The largest absolute Gasteiger partial charge is 0.454 e. The van der Waals surface area contributed by atoms with Crippen LogP contribution in [-0.4, -0.2) is 38.2 Å². The van der Waals surface area contributed by atoms with Crippen LogP contribution in [0.15, 0.2) is 42.9 Å². The molecule has 1 N–H and O–H groups in total. The number of rotatable bonds is 6. The van der Waals surface area contributed by atoms with E-state index in [-0.39, 0.29) is 11.7 Å². The first-order valence-electron chi connectivity index (χ1n) is 8.32. The number of halogens is 2. The molecule has 4 rings (SSSR count). The summed E-state index contributed by atoms with van der Waals surface area (Å²) >= 11 is 0. The van der Waals surface area contributed by atoms with Gasteiger partial charge in [0.2, 0.25) is 0 Å². The van der Waals surface area contributed by atoms with Gasteiger partial charge in [-0.25, -0.2) is 9.67 Å². The lowest BCUT2D eigenvalue weighted by molar-refractivity contribution is 0.0558. The highest BCUT2D eigenvalue weighted by molar-refractivity contribution is 5.53. The van der Waals surface area contributed by atoms with Crippen LogP contribution in [0.5, 0.6) is 11.5 Å². The summed E-state index contributed by atoms with van der Waals surface area (Å²) in [4.78, 5) is 4.19. The predicted octanol–water partition coefficient (Wildman–Crippen LogP) is 3.50. The first kappa shape index (κ1) is 17.3. The molecule has 1 unspecified atom stereocenters. The summed E-state index contributed by atoms with van der Waals surface area (Å²) in [5.74, 6) is 1.66. The lowest BCUT2D eigenvalue weighted by atomic mass is 10.1. The minimum absolute atomic E-state index is 0.0703. The third-order valence-corrected chi connectivity index (χ3v) is 4.03. The quantitative estimate of drug-likeness (QED) is 0.706. The van der Waals surface area contributed by atoms with E-state index in [4.69, 9.17) is 9.47 Å². The molecule has 0 saturated carbocycles. The van der Waals surface area contributed by atoms with Crippen molar-refractivity contribution in [3.05, 3.63) is 48.5 Å².